The highest BCUT2D eigenvalue weighted by Gasteiger charge is 2.76. The minimum absolute atomic E-state index is 0.0332. The number of halogens is 8. The van der Waals surface area contributed by atoms with Crippen molar-refractivity contribution in [3.05, 3.63) is 62.6 Å². The van der Waals surface area contributed by atoms with E-state index in [1.165, 1.54) is 12.1 Å². The van der Waals surface area contributed by atoms with Gasteiger partial charge in [-0.05, 0) is 48.9 Å². The predicted molar refractivity (Wildman–Crippen MR) is 142 cm³/mol. The van der Waals surface area contributed by atoms with Crippen molar-refractivity contribution in [2.45, 2.75) is 29.4 Å². The van der Waals surface area contributed by atoms with Crippen LogP contribution >= 0.6 is 69.8 Å². The average molecular weight is 623 g/mol. The number of alkyl halides is 5. The molecule has 13 heteroatoms. The van der Waals surface area contributed by atoms with Crippen LogP contribution in [0.2, 0.25) is 15.1 Å². The largest absolute Gasteiger partial charge is 0.397 e. The molecule has 2 N–H and O–H groups in total. The highest BCUT2D eigenvalue weighted by Crippen LogP contribution is 2.73. The van der Waals surface area contributed by atoms with Crippen molar-refractivity contribution in [2.75, 3.05) is 23.4 Å². The van der Waals surface area contributed by atoms with E-state index in [9.17, 15) is 22.8 Å². The van der Waals surface area contributed by atoms with Crippen molar-refractivity contribution in [3.63, 3.8) is 0 Å². The number of hydrogen-bond acceptors (Lipinski definition) is 4. The van der Waals surface area contributed by atoms with Gasteiger partial charge in [0.25, 0.3) is 5.91 Å². The van der Waals surface area contributed by atoms with E-state index in [0.29, 0.717) is 39.3 Å². The highest BCUT2D eigenvalue weighted by atomic mass is 35.5. The van der Waals surface area contributed by atoms with E-state index < -0.39 is 39.5 Å². The molecule has 3 rings (SSSR count). The smallest absolute Gasteiger partial charge is 0.384 e. The first-order valence-electron chi connectivity index (χ1n) is 10.5. The molecule has 0 heterocycles. The average Bonchev–Trinajstić information content (AvgIpc) is 3.26. The maximum atomic E-state index is 12.7. The van der Waals surface area contributed by atoms with Crippen LogP contribution in [0.15, 0.2) is 36.4 Å². The van der Waals surface area contributed by atoms with Crippen LogP contribution < -0.4 is 10.6 Å². The van der Waals surface area contributed by atoms with Crippen molar-refractivity contribution in [2.24, 2.45) is 5.41 Å². The van der Waals surface area contributed by atoms with Gasteiger partial charge in [0.1, 0.15) is 10.6 Å². The van der Waals surface area contributed by atoms with Crippen LogP contribution in [0.4, 0.5) is 18.9 Å². The minimum Gasteiger partial charge on any atom is -0.384 e. The molecular weight excluding hydrogens is 603 g/mol. The van der Waals surface area contributed by atoms with Crippen LogP contribution in [0, 0.1) is 5.41 Å². The fraction of sp³-hybridized carbons (Fsp3) is 0.391. The van der Waals surface area contributed by atoms with Crippen molar-refractivity contribution in [1.29, 1.82) is 0 Å². The van der Waals surface area contributed by atoms with Gasteiger partial charge < -0.3 is 15.4 Å². The zero-order valence-corrected chi connectivity index (χ0v) is 23.2. The summed E-state index contributed by atoms with van der Waals surface area (Å²) in [6.45, 7) is 1.63. The van der Waals surface area contributed by atoms with E-state index in [4.69, 9.17) is 58.0 Å². The van der Waals surface area contributed by atoms with E-state index in [-0.39, 0.29) is 22.9 Å². The number of aldehydes is 1. The van der Waals surface area contributed by atoms with Gasteiger partial charge in [-0.3, -0.25) is 4.79 Å². The number of anilines is 1. The number of carbonyl (C=O) groups excluding carboxylic acids is 2. The zero-order valence-electron chi connectivity index (χ0n) is 18.6. The molecule has 1 aliphatic rings. The summed E-state index contributed by atoms with van der Waals surface area (Å²) in [6.07, 6.45) is -3.59. The number of benzene rings is 2. The molecule has 0 spiro atoms. The lowest BCUT2D eigenvalue weighted by Gasteiger charge is -2.17. The molecule has 1 aliphatic carbocycles. The maximum Gasteiger partial charge on any atom is 0.397 e. The molecule has 0 bridgehead atoms. The summed E-state index contributed by atoms with van der Waals surface area (Å²) < 4.78 is 35.6. The Balaban J connectivity index is 1.69. The summed E-state index contributed by atoms with van der Waals surface area (Å²) in [5, 5.41) is 6.62. The first kappa shape index (κ1) is 29.5. The summed E-state index contributed by atoms with van der Waals surface area (Å²) in [4.78, 5) is 24.8. The normalized spacial score (nSPS) is 21.5. The van der Waals surface area contributed by atoms with E-state index in [0.717, 1.165) is 0 Å². The van der Waals surface area contributed by atoms with Crippen molar-refractivity contribution in [1.82, 2.24) is 5.32 Å². The number of hydrogen-bond donors (Lipinski definition) is 2. The van der Waals surface area contributed by atoms with Crippen molar-refractivity contribution < 1.29 is 22.8 Å². The van der Waals surface area contributed by atoms with Crippen molar-refractivity contribution >= 4 is 87.6 Å². The summed E-state index contributed by atoms with van der Waals surface area (Å²) in [7, 11) is 0. The molecule has 1 saturated carbocycles. The number of rotatable bonds is 10. The van der Waals surface area contributed by atoms with Gasteiger partial charge in [-0.25, -0.2) is 0 Å². The molecule has 36 heavy (non-hydrogen) atoms. The Morgan fingerprint density at radius 2 is 1.78 bits per heavy atom. The van der Waals surface area contributed by atoms with Crippen LogP contribution in [0.5, 0.6) is 0 Å². The Labute approximate surface area is 235 Å². The number of carbonyl (C=O) groups is 2. The molecule has 2 aromatic carbocycles. The second-order valence-electron chi connectivity index (χ2n) is 8.47. The molecule has 0 saturated heterocycles. The van der Waals surface area contributed by atoms with Crippen molar-refractivity contribution in [3.8, 4) is 0 Å². The second kappa shape index (κ2) is 11.4. The Bertz CT molecular complexity index is 1130. The molecule has 1 amide bonds. The van der Waals surface area contributed by atoms with Crippen LogP contribution in [0.25, 0.3) is 0 Å². The summed E-state index contributed by atoms with van der Waals surface area (Å²) in [5.41, 5.74) is -0.00801. The summed E-state index contributed by atoms with van der Waals surface area (Å²) >= 11 is 32.1. The Hall–Kier alpha value is -1.03. The van der Waals surface area contributed by atoms with Gasteiger partial charge in [-0.2, -0.15) is 24.9 Å². The number of thioether (sulfide) groups is 1. The standard InChI is InChI=1S/C23H20Cl5F3N2O2S/c1-12(8-36-11-22(29,30)31)33-20(35)17-7-16(2-3-18(17)26)32-9-21(10-34)19(23(21,27)28)13-4-14(24)6-15(25)5-13/h2-7,10,12,19,32H,8-9,11H2,1H3,(H,33,35)/t12-,19?,21?/m1/s1. The molecule has 0 aromatic heterocycles. The highest BCUT2D eigenvalue weighted by molar-refractivity contribution is 7.99. The quantitative estimate of drug-likeness (QED) is 0.211. The first-order chi connectivity index (χ1) is 16.7. The van der Waals surface area contributed by atoms with Gasteiger partial charge in [0.2, 0.25) is 0 Å². The molecule has 2 unspecified atom stereocenters. The monoisotopic (exact) mass is 620 g/mol. The SMILES string of the molecule is C[C@H](CSCC(F)(F)F)NC(=O)c1cc(NCC2(C=O)C(c3cc(Cl)cc(Cl)c3)C2(Cl)Cl)ccc1Cl. The third-order valence-corrected chi connectivity index (χ3v) is 8.82. The van der Waals surface area contributed by atoms with Gasteiger partial charge in [0.15, 0.2) is 0 Å². The molecule has 4 nitrogen and oxygen atoms in total. The van der Waals surface area contributed by atoms with E-state index >= 15 is 0 Å². The Kier molecular flexibility index (Phi) is 9.33. The molecule has 3 atom stereocenters. The minimum atomic E-state index is -4.28. The van der Waals surface area contributed by atoms with E-state index in [1.807, 2.05) is 0 Å². The molecule has 196 valence electrons. The molecule has 2 aromatic rings. The predicted octanol–water partition coefficient (Wildman–Crippen LogP) is 7.63. The molecule has 1 fully saturated rings. The maximum absolute atomic E-state index is 12.7. The third-order valence-electron chi connectivity index (χ3n) is 5.65. The number of amides is 1. The molecule has 0 aliphatic heterocycles. The Morgan fingerprint density at radius 3 is 2.36 bits per heavy atom. The van der Waals surface area contributed by atoms with Crippen LogP contribution in [0.3, 0.4) is 0 Å². The third kappa shape index (κ3) is 6.69. The van der Waals surface area contributed by atoms with E-state index in [1.54, 1.807) is 31.2 Å². The lowest BCUT2D eigenvalue weighted by molar-refractivity contribution is -0.112. The fourth-order valence-electron chi connectivity index (χ4n) is 3.89. The van der Waals surface area contributed by atoms with Gasteiger partial charge in [-0.1, -0.05) is 58.0 Å². The van der Waals surface area contributed by atoms with Gasteiger partial charge in [-0.15, -0.1) is 0 Å². The Morgan fingerprint density at radius 1 is 1.14 bits per heavy atom. The molecule has 0 radical (unpaired) electrons. The summed E-state index contributed by atoms with van der Waals surface area (Å²) in [6, 6.07) is 8.88. The van der Waals surface area contributed by atoms with Gasteiger partial charge in [0, 0.05) is 40.0 Å². The van der Waals surface area contributed by atoms with E-state index in [2.05, 4.69) is 10.6 Å². The lowest BCUT2D eigenvalue weighted by atomic mass is 10.00. The van der Waals surface area contributed by atoms with Crippen LogP contribution in [0.1, 0.15) is 28.8 Å². The lowest BCUT2D eigenvalue weighted by Crippen LogP contribution is -2.35. The topological polar surface area (TPSA) is 58.2 Å². The molecular formula is C23H20Cl5F3N2O2S. The van der Waals surface area contributed by atoms with Crippen LogP contribution in [-0.4, -0.2) is 46.8 Å². The fourth-order valence-corrected chi connectivity index (χ4v) is 6.39. The summed E-state index contributed by atoms with van der Waals surface area (Å²) in [5.74, 6) is -2.06. The second-order valence-corrected chi connectivity index (χ2v) is 12.2. The number of nitrogens with one attached hydrogen (secondary N) is 2. The van der Waals surface area contributed by atoms with Gasteiger partial charge >= 0.3 is 6.18 Å². The zero-order chi connectivity index (χ0) is 26.9. The first-order valence-corrected chi connectivity index (χ1v) is 13.5. The van der Waals surface area contributed by atoms with Gasteiger partial charge in [0.05, 0.1) is 21.8 Å². The van der Waals surface area contributed by atoms with Crippen LogP contribution in [-0.2, 0) is 4.79 Å².